The molecule has 1 amide bonds. The van der Waals surface area contributed by atoms with Gasteiger partial charge in [-0.2, -0.15) is 0 Å². The second-order valence-corrected chi connectivity index (χ2v) is 7.37. The Morgan fingerprint density at radius 3 is 2.91 bits per heavy atom. The SMILES string of the molecule is O=C(CSc1nnc(Nc2ccccc2Cl)s1)N1CCOCC1. The topological polar surface area (TPSA) is 67.4 Å². The number of anilines is 2. The number of para-hydroxylation sites is 1. The van der Waals surface area contributed by atoms with Crippen LogP contribution in [-0.4, -0.2) is 53.1 Å². The lowest BCUT2D eigenvalue weighted by molar-refractivity contribution is -0.132. The first kappa shape index (κ1) is 16.5. The van der Waals surface area contributed by atoms with Crippen LogP contribution in [0, 0.1) is 0 Å². The lowest BCUT2D eigenvalue weighted by Crippen LogP contribution is -2.41. The van der Waals surface area contributed by atoms with Crippen LogP contribution in [0.25, 0.3) is 0 Å². The van der Waals surface area contributed by atoms with Crippen molar-refractivity contribution in [3.05, 3.63) is 29.3 Å². The first-order chi connectivity index (χ1) is 11.2. The average Bonchev–Trinajstić information content (AvgIpc) is 3.03. The summed E-state index contributed by atoms with van der Waals surface area (Å²) in [7, 11) is 0. The van der Waals surface area contributed by atoms with Crippen LogP contribution in [0.5, 0.6) is 0 Å². The Morgan fingerprint density at radius 1 is 1.35 bits per heavy atom. The van der Waals surface area contributed by atoms with Gasteiger partial charge < -0.3 is 15.0 Å². The molecule has 1 saturated heterocycles. The van der Waals surface area contributed by atoms with Crippen LogP contribution in [-0.2, 0) is 9.53 Å². The highest BCUT2D eigenvalue weighted by Crippen LogP contribution is 2.30. The van der Waals surface area contributed by atoms with Gasteiger partial charge in [0.2, 0.25) is 11.0 Å². The van der Waals surface area contributed by atoms with E-state index in [0.717, 1.165) is 10.0 Å². The van der Waals surface area contributed by atoms with Crippen molar-refractivity contribution < 1.29 is 9.53 Å². The predicted molar refractivity (Wildman–Crippen MR) is 92.8 cm³/mol. The predicted octanol–water partition coefficient (Wildman–Crippen LogP) is 2.89. The highest BCUT2D eigenvalue weighted by Gasteiger charge is 2.17. The molecule has 3 rings (SSSR count). The highest BCUT2D eigenvalue weighted by atomic mass is 35.5. The van der Waals surface area contributed by atoms with E-state index in [1.54, 1.807) is 0 Å². The Bertz CT molecular complexity index is 676. The van der Waals surface area contributed by atoms with Crippen molar-refractivity contribution in [1.29, 1.82) is 0 Å². The molecule has 2 aromatic rings. The van der Waals surface area contributed by atoms with Crippen LogP contribution in [0.1, 0.15) is 0 Å². The van der Waals surface area contributed by atoms with E-state index in [0.29, 0.717) is 42.2 Å². The summed E-state index contributed by atoms with van der Waals surface area (Å²) >= 11 is 8.90. The fourth-order valence-corrected chi connectivity index (χ4v) is 3.87. The molecule has 1 aliphatic rings. The van der Waals surface area contributed by atoms with E-state index < -0.39 is 0 Å². The summed E-state index contributed by atoms with van der Waals surface area (Å²) in [5.41, 5.74) is 0.784. The molecule has 1 aliphatic heterocycles. The Kier molecular flexibility index (Phi) is 5.71. The van der Waals surface area contributed by atoms with Gasteiger partial charge in [-0.1, -0.05) is 46.8 Å². The third kappa shape index (κ3) is 4.57. The summed E-state index contributed by atoms with van der Waals surface area (Å²) < 4.78 is 5.99. The number of nitrogens with one attached hydrogen (secondary N) is 1. The molecule has 9 heteroatoms. The Hall–Kier alpha value is -1.35. The number of carbonyl (C=O) groups excluding carboxylic acids is 1. The molecule has 0 spiro atoms. The molecule has 1 aromatic heterocycles. The number of hydrogen-bond donors (Lipinski definition) is 1. The molecule has 0 unspecified atom stereocenters. The highest BCUT2D eigenvalue weighted by molar-refractivity contribution is 8.01. The Labute approximate surface area is 147 Å². The molecule has 1 N–H and O–H groups in total. The summed E-state index contributed by atoms with van der Waals surface area (Å²) in [6, 6.07) is 7.44. The number of thioether (sulfide) groups is 1. The number of hydrogen-bond acceptors (Lipinski definition) is 7. The lowest BCUT2D eigenvalue weighted by Gasteiger charge is -2.26. The minimum absolute atomic E-state index is 0.106. The molecular weight excluding hydrogens is 356 g/mol. The third-order valence-corrected chi connectivity index (χ3v) is 5.49. The van der Waals surface area contributed by atoms with Crippen LogP contribution in [0.15, 0.2) is 28.6 Å². The first-order valence-corrected chi connectivity index (χ1v) is 9.24. The molecule has 0 radical (unpaired) electrons. The maximum absolute atomic E-state index is 12.1. The van der Waals surface area contributed by atoms with Crippen molar-refractivity contribution >= 4 is 51.4 Å². The van der Waals surface area contributed by atoms with E-state index in [2.05, 4.69) is 15.5 Å². The number of ether oxygens (including phenoxy) is 1. The molecule has 1 aromatic carbocycles. The van der Waals surface area contributed by atoms with Gasteiger partial charge in [0.1, 0.15) is 0 Å². The van der Waals surface area contributed by atoms with E-state index in [1.807, 2.05) is 29.2 Å². The van der Waals surface area contributed by atoms with E-state index in [-0.39, 0.29) is 5.91 Å². The van der Waals surface area contributed by atoms with E-state index in [4.69, 9.17) is 16.3 Å². The molecule has 1 fully saturated rings. The van der Waals surface area contributed by atoms with Gasteiger partial charge in [0.05, 0.1) is 29.7 Å². The summed E-state index contributed by atoms with van der Waals surface area (Å²) in [4.78, 5) is 13.9. The van der Waals surface area contributed by atoms with Crippen molar-refractivity contribution in [3.8, 4) is 0 Å². The number of morpholine rings is 1. The van der Waals surface area contributed by atoms with Gasteiger partial charge in [-0.25, -0.2) is 0 Å². The van der Waals surface area contributed by atoms with Crippen LogP contribution in [0.4, 0.5) is 10.8 Å². The number of aromatic nitrogens is 2. The van der Waals surface area contributed by atoms with Gasteiger partial charge in [0, 0.05) is 13.1 Å². The maximum Gasteiger partial charge on any atom is 0.233 e. The quantitative estimate of drug-likeness (QED) is 0.816. The van der Waals surface area contributed by atoms with Gasteiger partial charge in [0.15, 0.2) is 4.34 Å². The van der Waals surface area contributed by atoms with Gasteiger partial charge in [-0.3, -0.25) is 4.79 Å². The van der Waals surface area contributed by atoms with Gasteiger partial charge >= 0.3 is 0 Å². The molecule has 6 nitrogen and oxygen atoms in total. The average molecular weight is 371 g/mol. The summed E-state index contributed by atoms with van der Waals surface area (Å²) in [5.74, 6) is 0.467. The number of benzene rings is 1. The summed E-state index contributed by atoms with van der Waals surface area (Å²) in [5, 5.41) is 12.6. The van der Waals surface area contributed by atoms with Gasteiger partial charge in [-0.15, -0.1) is 10.2 Å². The fraction of sp³-hybridized carbons (Fsp3) is 0.357. The summed E-state index contributed by atoms with van der Waals surface area (Å²) in [6.45, 7) is 2.55. The largest absolute Gasteiger partial charge is 0.378 e. The molecule has 0 saturated carbocycles. The number of carbonyl (C=O) groups is 1. The zero-order valence-electron chi connectivity index (χ0n) is 12.2. The maximum atomic E-state index is 12.1. The van der Waals surface area contributed by atoms with E-state index in [9.17, 15) is 4.79 Å². The normalized spacial score (nSPS) is 14.7. The van der Waals surface area contributed by atoms with Crippen molar-refractivity contribution in [2.45, 2.75) is 4.34 Å². The van der Waals surface area contributed by atoms with Crippen LogP contribution < -0.4 is 5.32 Å². The molecule has 2 heterocycles. The molecule has 0 atom stereocenters. The van der Waals surface area contributed by atoms with Crippen LogP contribution in [0.3, 0.4) is 0 Å². The third-order valence-electron chi connectivity index (χ3n) is 3.20. The number of halogens is 1. The minimum atomic E-state index is 0.106. The van der Waals surface area contributed by atoms with Crippen molar-refractivity contribution in [1.82, 2.24) is 15.1 Å². The minimum Gasteiger partial charge on any atom is -0.378 e. The number of nitrogens with zero attached hydrogens (tertiary/aromatic N) is 3. The molecule has 0 bridgehead atoms. The molecular formula is C14H15ClN4O2S2. The number of rotatable bonds is 5. The zero-order chi connectivity index (χ0) is 16.1. The van der Waals surface area contributed by atoms with Crippen molar-refractivity contribution in [2.75, 3.05) is 37.4 Å². The fourth-order valence-electron chi connectivity index (χ4n) is 2.02. The zero-order valence-corrected chi connectivity index (χ0v) is 14.6. The van der Waals surface area contributed by atoms with Gasteiger partial charge in [-0.05, 0) is 12.1 Å². The van der Waals surface area contributed by atoms with E-state index in [1.165, 1.54) is 23.1 Å². The van der Waals surface area contributed by atoms with Gasteiger partial charge in [0.25, 0.3) is 0 Å². The smallest absolute Gasteiger partial charge is 0.233 e. The standard InChI is InChI=1S/C14H15ClN4O2S2/c15-10-3-1-2-4-11(10)16-13-17-18-14(23-13)22-9-12(20)19-5-7-21-8-6-19/h1-4H,5-9H2,(H,16,17). The summed E-state index contributed by atoms with van der Waals surface area (Å²) in [6.07, 6.45) is 0. The molecule has 122 valence electrons. The molecule has 0 aliphatic carbocycles. The van der Waals surface area contributed by atoms with Crippen LogP contribution in [0.2, 0.25) is 5.02 Å². The Morgan fingerprint density at radius 2 is 2.13 bits per heavy atom. The molecule has 23 heavy (non-hydrogen) atoms. The number of amides is 1. The van der Waals surface area contributed by atoms with Crippen molar-refractivity contribution in [3.63, 3.8) is 0 Å². The van der Waals surface area contributed by atoms with E-state index >= 15 is 0 Å². The second-order valence-electron chi connectivity index (χ2n) is 4.76. The second kappa shape index (κ2) is 7.96. The van der Waals surface area contributed by atoms with Crippen LogP contribution >= 0.6 is 34.7 Å². The monoisotopic (exact) mass is 370 g/mol. The first-order valence-electron chi connectivity index (χ1n) is 7.06. The lowest BCUT2D eigenvalue weighted by atomic mass is 10.3. The Balaban J connectivity index is 1.53. The van der Waals surface area contributed by atoms with Crippen molar-refractivity contribution in [2.24, 2.45) is 0 Å².